The number of carbonyl (C=O) groups excluding carboxylic acids is 1. The van der Waals surface area contributed by atoms with Gasteiger partial charge in [0, 0.05) is 25.5 Å². The number of carbonyl (C=O) groups is 1. The second-order valence-corrected chi connectivity index (χ2v) is 5.39. The molecule has 3 unspecified atom stereocenters. The molecule has 3 N–H and O–H groups in total. The van der Waals surface area contributed by atoms with Gasteiger partial charge in [-0.1, -0.05) is 13.8 Å². The minimum atomic E-state index is 0.167. The minimum absolute atomic E-state index is 0.167. The molecule has 0 aliphatic carbocycles. The van der Waals surface area contributed by atoms with Crippen molar-refractivity contribution in [3.05, 3.63) is 0 Å². The molecule has 0 aromatic rings. The first kappa shape index (κ1) is 15.4. The van der Waals surface area contributed by atoms with Gasteiger partial charge in [0.05, 0.1) is 6.10 Å². The Kier molecular flexibility index (Phi) is 7.28. The van der Waals surface area contributed by atoms with Gasteiger partial charge in [-0.05, 0) is 38.1 Å². The van der Waals surface area contributed by atoms with Gasteiger partial charge in [-0.15, -0.1) is 0 Å². The van der Waals surface area contributed by atoms with Crippen LogP contribution >= 0.6 is 0 Å². The summed E-state index contributed by atoms with van der Waals surface area (Å²) in [5.74, 6) is 1.21. The highest BCUT2D eigenvalue weighted by Gasteiger charge is 2.26. The van der Waals surface area contributed by atoms with E-state index in [2.05, 4.69) is 19.2 Å². The van der Waals surface area contributed by atoms with E-state index in [1.807, 2.05) is 0 Å². The van der Waals surface area contributed by atoms with Gasteiger partial charge in [0.2, 0.25) is 5.91 Å². The fourth-order valence-corrected chi connectivity index (χ4v) is 2.52. The molecule has 1 aliphatic rings. The van der Waals surface area contributed by atoms with Crippen LogP contribution in [0.4, 0.5) is 0 Å². The quantitative estimate of drug-likeness (QED) is 0.694. The van der Waals surface area contributed by atoms with Crippen LogP contribution in [0.25, 0.3) is 0 Å². The monoisotopic (exact) mass is 256 g/mol. The van der Waals surface area contributed by atoms with Gasteiger partial charge in [-0.2, -0.15) is 0 Å². The molecular formula is C14H28N2O2. The van der Waals surface area contributed by atoms with E-state index in [0.29, 0.717) is 30.9 Å². The van der Waals surface area contributed by atoms with Crippen LogP contribution in [0, 0.1) is 11.8 Å². The number of nitrogens with one attached hydrogen (secondary N) is 1. The van der Waals surface area contributed by atoms with E-state index in [9.17, 15) is 4.79 Å². The van der Waals surface area contributed by atoms with Gasteiger partial charge in [0.25, 0.3) is 0 Å². The Morgan fingerprint density at radius 2 is 2.28 bits per heavy atom. The van der Waals surface area contributed by atoms with Crippen LogP contribution in [0.1, 0.15) is 46.0 Å². The van der Waals surface area contributed by atoms with E-state index in [0.717, 1.165) is 38.8 Å². The van der Waals surface area contributed by atoms with Crippen molar-refractivity contribution < 1.29 is 9.53 Å². The highest BCUT2D eigenvalue weighted by atomic mass is 16.5. The molecule has 1 amide bonds. The highest BCUT2D eigenvalue weighted by Crippen LogP contribution is 2.22. The van der Waals surface area contributed by atoms with Gasteiger partial charge < -0.3 is 15.8 Å². The third-order valence-corrected chi connectivity index (χ3v) is 3.83. The fraction of sp³-hybridized carbons (Fsp3) is 0.929. The van der Waals surface area contributed by atoms with Crippen LogP contribution in [-0.4, -0.2) is 31.7 Å². The zero-order chi connectivity index (χ0) is 13.4. The Labute approximate surface area is 111 Å². The molecule has 3 atom stereocenters. The predicted octanol–water partition coefficient (Wildman–Crippen LogP) is 1.68. The molecule has 1 heterocycles. The Hall–Kier alpha value is -0.610. The molecule has 0 aromatic carbocycles. The van der Waals surface area contributed by atoms with Gasteiger partial charge in [0.15, 0.2) is 0 Å². The largest absolute Gasteiger partial charge is 0.378 e. The summed E-state index contributed by atoms with van der Waals surface area (Å²) in [5, 5.41) is 3.04. The van der Waals surface area contributed by atoms with Crippen LogP contribution in [0.15, 0.2) is 0 Å². The maximum atomic E-state index is 11.7. The minimum Gasteiger partial charge on any atom is -0.378 e. The van der Waals surface area contributed by atoms with E-state index in [-0.39, 0.29) is 5.91 Å². The van der Waals surface area contributed by atoms with Crippen molar-refractivity contribution in [2.24, 2.45) is 17.6 Å². The first-order valence-electron chi connectivity index (χ1n) is 7.25. The second-order valence-electron chi connectivity index (χ2n) is 5.39. The summed E-state index contributed by atoms with van der Waals surface area (Å²) in [5.41, 5.74) is 5.49. The van der Waals surface area contributed by atoms with Crippen LogP contribution in [0.2, 0.25) is 0 Å². The maximum Gasteiger partial charge on any atom is 0.220 e. The zero-order valence-corrected chi connectivity index (χ0v) is 11.8. The molecule has 0 spiro atoms. The van der Waals surface area contributed by atoms with Crippen LogP contribution in [0.3, 0.4) is 0 Å². The predicted molar refractivity (Wildman–Crippen MR) is 73.2 cm³/mol. The molecule has 0 aromatic heterocycles. The highest BCUT2D eigenvalue weighted by molar-refractivity contribution is 5.75. The number of hydrogen-bond acceptors (Lipinski definition) is 3. The van der Waals surface area contributed by atoms with Crippen molar-refractivity contribution in [1.29, 1.82) is 0 Å². The zero-order valence-electron chi connectivity index (χ0n) is 11.8. The summed E-state index contributed by atoms with van der Waals surface area (Å²) in [4.78, 5) is 11.7. The van der Waals surface area contributed by atoms with Crippen LogP contribution < -0.4 is 11.1 Å². The Bertz CT molecular complexity index is 246. The van der Waals surface area contributed by atoms with Gasteiger partial charge in [-0.3, -0.25) is 4.79 Å². The number of nitrogens with two attached hydrogens (primary N) is 1. The van der Waals surface area contributed by atoms with Gasteiger partial charge in [0.1, 0.15) is 0 Å². The first-order chi connectivity index (χ1) is 8.67. The number of hydrogen-bond donors (Lipinski definition) is 2. The smallest absolute Gasteiger partial charge is 0.220 e. The van der Waals surface area contributed by atoms with Crippen molar-refractivity contribution in [2.75, 3.05) is 19.7 Å². The van der Waals surface area contributed by atoms with Gasteiger partial charge in [-0.25, -0.2) is 0 Å². The average molecular weight is 256 g/mol. The molecule has 4 heteroatoms. The average Bonchev–Trinajstić information content (AvgIpc) is 2.81. The SMILES string of the molecule is CCC1OCCC1CNC(=O)CCC(C)CCN. The molecular weight excluding hydrogens is 228 g/mol. The summed E-state index contributed by atoms with van der Waals surface area (Å²) < 4.78 is 5.61. The fourth-order valence-electron chi connectivity index (χ4n) is 2.52. The second kappa shape index (κ2) is 8.48. The molecule has 0 radical (unpaired) electrons. The van der Waals surface area contributed by atoms with E-state index in [1.54, 1.807) is 0 Å². The van der Waals surface area contributed by atoms with Gasteiger partial charge >= 0.3 is 0 Å². The molecule has 1 fully saturated rings. The van der Waals surface area contributed by atoms with E-state index in [1.165, 1.54) is 0 Å². The Morgan fingerprint density at radius 1 is 1.50 bits per heavy atom. The molecule has 0 bridgehead atoms. The Balaban J connectivity index is 2.13. The molecule has 1 aliphatic heterocycles. The summed E-state index contributed by atoms with van der Waals surface area (Å²) in [6.07, 6.45) is 4.99. The van der Waals surface area contributed by atoms with E-state index < -0.39 is 0 Å². The van der Waals surface area contributed by atoms with Crippen LogP contribution in [-0.2, 0) is 9.53 Å². The number of ether oxygens (including phenoxy) is 1. The number of rotatable bonds is 8. The molecule has 18 heavy (non-hydrogen) atoms. The lowest BCUT2D eigenvalue weighted by atomic mass is 9.99. The molecule has 0 saturated carbocycles. The lowest BCUT2D eigenvalue weighted by Gasteiger charge is -2.17. The third-order valence-electron chi connectivity index (χ3n) is 3.83. The maximum absolute atomic E-state index is 11.7. The first-order valence-corrected chi connectivity index (χ1v) is 7.25. The number of amides is 1. The van der Waals surface area contributed by atoms with Crippen molar-refractivity contribution >= 4 is 5.91 Å². The summed E-state index contributed by atoms with van der Waals surface area (Å²) in [6, 6.07) is 0. The molecule has 4 nitrogen and oxygen atoms in total. The lowest BCUT2D eigenvalue weighted by Crippen LogP contribution is -2.32. The van der Waals surface area contributed by atoms with Crippen molar-refractivity contribution in [3.63, 3.8) is 0 Å². The van der Waals surface area contributed by atoms with Crippen molar-refractivity contribution in [2.45, 2.75) is 52.1 Å². The topological polar surface area (TPSA) is 64.3 Å². The third kappa shape index (κ3) is 5.36. The van der Waals surface area contributed by atoms with Crippen molar-refractivity contribution in [3.8, 4) is 0 Å². The summed E-state index contributed by atoms with van der Waals surface area (Å²) in [7, 11) is 0. The van der Waals surface area contributed by atoms with Crippen molar-refractivity contribution in [1.82, 2.24) is 5.32 Å². The lowest BCUT2D eigenvalue weighted by molar-refractivity contribution is -0.121. The summed E-state index contributed by atoms with van der Waals surface area (Å²) in [6.45, 7) is 6.60. The molecule has 1 rings (SSSR count). The summed E-state index contributed by atoms with van der Waals surface area (Å²) >= 11 is 0. The Morgan fingerprint density at radius 3 is 2.94 bits per heavy atom. The normalized spacial score (nSPS) is 25.1. The molecule has 1 saturated heterocycles. The van der Waals surface area contributed by atoms with E-state index >= 15 is 0 Å². The molecule has 106 valence electrons. The standard InChI is InChI=1S/C14H28N2O2/c1-3-13-12(7-9-18-13)10-16-14(17)5-4-11(2)6-8-15/h11-13H,3-10,15H2,1-2H3,(H,16,17). The van der Waals surface area contributed by atoms with Crippen LogP contribution in [0.5, 0.6) is 0 Å². The van der Waals surface area contributed by atoms with E-state index in [4.69, 9.17) is 10.5 Å².